The van der Waals surface area contributed by atoms with Crippen LogP contribution >= 0.6 is 0 Å². The van der Waals surface area contributed by atoms with Crippen LogP contribution in [0, 0.1) is 0 Å². The number of hydrogen-bond acceptors (Lipinski definition) is 2. The molecule has 0 saturated heterocycles. The molecule has 1 aromatic carbocycles. The normalized spacial score (nSPS) is 14.7. The number of benzene rings is 1. The first kappa shape index (κ1) is 13.7. The van der Waals surface area contributed by atoms with Crippen molar-refractivity contribution < 1.29 is 4.42 Å². The molecule has 1 N–H and O–H groups in total. The van der Waals surface area contributed by atoms with Crippen molar-refractivity contribution in [3.63, 3.8) is 0 Å². The minimum absolute atomic E-state index is 0.852. The van der Waals surface area contributed by atoms with Crippen LogP contribution < -0.4 is 5.32 Å². The Balaban J connectivity index is 2.07. The van der Waals surface area contributed by atoms with Crippen LogP contribution in [0.1, 0.15) is 55.6 Å². The van der Waals surface area contributed by atoms with E-state index in [1.54, 1.807) is 5.56 Å². The maximum Gasteiger partial charge on any atom is 0.134 e. The molecule has 1 aliphatic rings. The molecule has 1 aromatic heterocycles. The van der Waals surface area contributed by atoms with E-state index in [1.165, 1.54) is 48.6 Å². The van der Waals surface area contributed by atoms with E-state index < -0.39 is 0 Å². The Hall–Kier alpha value is -1.28. The van der Waals surface area contributed by atoms with E-state index in [1.807, 2.05) is 0 Å². The summed E-state index contributed by atoms with van der Waals surface area (Å²) < 4.78 is 6.16. The standard InChI is InChI=1S/C18H25NO/c1-3-7-15-16-10-13-8-5-6-9-14(13)11-17(16)20-18(15)12-19-4-2/h10-11,19H,3-9,12H2,1-2H3. The molecule has 0 spiro atoms. The lowest BCUT2D eigenvalue weighted by Gasteiger charge is -2.15. The molecule has 20 heavy (non-hydrogen) atoms. The van der Waals surface area contributed by atoms with Crippen molar-refractivity contribution in [2.45, 2.75) is 58.9 Å². The van der Waals surface area contributed by atoms with Gasteiger partial charge in [0.2, 0.25) is 0 Å². The highest BCUT2D eigenvalue weighted by atomic mass is 16.3. The second-order valence-corrected chi connectivity index (χ2v) is 5.86. The number of furan rings is 1. The number of nitrogens with one attached hydrogen (secondary N) is 1. The minimum Gasteiger partial charge on any atom is -0.459 e. The summed E-state index contributed by atoms with van der Waals surface area (Å²) in [5.74, 6) is 1.14. The molecule has 1 aliphatic carbocycles. The summed E-state index contributed by atoms with van der Waals surface area (Å²) in [6.07, 6.45) is 7.41. The first-order chi connectivity index (χ1) is 9.83. The predicted molar refractivity (Wildman–Crippen MR) is 84.2 cm³/mol. The monoisotopic (exact) mass is 271 g/mol. The lowest BCUT2D eigenvalue weighted by atomic mass is 9.90. The molecule has 0 radical (unpaired) electrons. The molecule has 0 unspecified atom stereocenters. The number of aryl methyl sites for hydroxylation is 3. The summed E-state index contributed by atoms with van der Waals surface area (Å²) in [5.41, 5.74) is 5.59. The van der Waals surface area contributed by atoms with Gasteiger partial charge in [0.15, 0.2) is 0 Å². The first-order valence-corrected chi connectivity index (χ1v) is 8.10. The Morgan fingerprint density at radius 2 is 1.85 bits per heavy atom. The SMILES string of the molecule is CCCc1c(CNCC)oc2cc3c(cc12)CCCC3. The molecule has 1 heterocycles. The van der Waals surface area contributed by atoms with Crippen LogP contribution in [0.5, 0.6) is 0 Å². The zero-order valence-corrected chi connectivity index (χ0v) is 12.7. The molecular formula is C18H25NO. The van der Waals surface area contributed by atoms with Crippen LogP contribution in [0.15, 0.2) is 16.5 Å². The van der Waals surface area contributed by atoms with Crippen molar-refractivity contribution in [2.24, 2.45) is 0 Å². The quantitative estimate of drug-likeness (QED) is 0.873. The van der Waals surface area contributed by atoms with E-state index in [0.717, 1.165) is 30.9 Å². The molecule has 108 valence electrons. The lowest BCUT2D eigenvalue weighted by molar-refractivity contribution is 0.512. The van der Waals surface area contributed by atoms with Crippen molar-refractivity contribution >= 4 is 11.0 Å². The average molecular weight is 271 g/mol. The summed E-state index contributed by atoms with van der Waals surface area (Å²) in [6.45, 7) is 6.22. The zero-order chi connectivity index (χ0) is 13.9. The lowest BCUT2D eigenvalue weighted by Crippen LogP contribution is -2.12. The molecule has 3 rings (SSSR count). The molecule has 2 aromatic rings. The van der Waals surface area contributed by atoms with Crippen LogP contribution in [0.4, 0.5) is 0 Å². The van der Waals surface area contributed by atoms with Crippen LogP contribution in [-0.2, 0) is 25.8 Å². The van der Waals surface area contributed by atoms with E-state index in [4.69, 9.17) is 4.42 Å². The largest absolute Gasteiger partial charge is 0.459 e. The fourth-order valence-corrected chi connectivity index (χ4v) is 3.33. The molecule has 2 heteroatoms. The molecule has 0 bridgehead atoms. The third-order valence-electron chi connectivity index (χ3n) is 4.37. The van der Waals surface area contributed by atoms with E-state index in [2.05, 4.69) is 31.3 Å². The van der Waals surface area contributed by atoms with Crippen molar-refractivity contribution in [1.29, 1.82) is 0 Å². The fourth-order valence-electron chi connectivity index (χ4n) is 3.33. The van der Waals surface area contributed by atoms with Gasteiger partial charge in [-0.05, 0) is 61.9 Å². The number of hydrogen-bond donors (Lipinski definition) is 1. The summed E-state index contributed by atoms with van der Waals surface area (Å²) in [6, 6.07) is 4.71. The molecule has 0 saturated carbocycles. The summed E-state index contributed by atoms with van der Waals surface area (Å²) >= 11 is 0. The van der Waals surface area contributed by atoms with E-state index in [9.17, 15) is 0 Å². The third kappa shape index (κ3) is 2.49. The Morgan fingerprint density at radius 3 is 2.55 bits per heavy atom. The van der Waals surface area contributed by atoms with Crippen molar-refractivity contribution in [2.75, 3.05) is 6.54 Å². The molecule has 0 amide bonds. The third-order valence-corrected chi connectivity index (χ3v) is 4.37. The highest BCUT2D eigenvalue weighted by molar-refractivity contribution is 5.84. The van der Waals surface area contributed by atoms with Gasteiger partial charge in [-0.2, -0.15) is 0 Å². The van der Waals surface area contributed by atoms with Crippen molar-refractivity contribution in [3.8, 4) is 0 Å². The second-order valence-electron chi connectivity index (χ2n) is 5.86. The van der Waals surface area contributed by atoms with Crippen molar-refractivity contribution in [1.82, 2.24) is 5.32 Å². The number of fused-ring (bicyclic) bond motifs is 2. The van der Waals surface area contributed by atoms with Crippen molar-refractivity contribution in [3.05, 3.63) is 34.6 Å². The van der Waals surface area contributed by atoms with Gasteiger partial charge in [-0.3, -0.25) is 0 Å². The highest BCUT2D eigenvalue weighted by Gasteiger charge is 2.17. The Morgan fingerprint density at radius 1 is 1.10 bits per heavy atom. The zero-order valence-electron chi connectivity index (χ0n) is 12.7. The molecule has 2 nitrogen and oxygen atoms in total. The van der Waals surface area contributed by atoms with E-state index in [-0.39, 0.29) is 0 Å². The minimum atomic E-state index is 0.852. The van der Waals surface area contributed by atoms with Gasteiger partial charge in [0, 0.05) is 10.9 Å². The average Bonchev–Trinajstić information content (AvgIpc) is 2.80. The number of rotatable bonds is 5. The van der Waals surface area contributed by atoms with Gasteiger partial charge in [0.05, 0.1) is 6.54 Å². The van der Waals surface area contributed by atoms with Gasteiger partial charge < -0.3 is 9.73 Å². The van der Waals surface area contributed by atoms with Gasteiger partial charge in [-0.15, -0.1) is 0 Å². The van der Waals surface area contributed by atoms with Gasteiger partial charge in [-0.1, -0.05) is 20.3 Å². The fraction of sp³-hybridized carbons (Fsp3) is 0.556. The maximum atomic E-state index is 6.16. The Bertz CT molecular complexity index is 597. The Kier molecular flexibility index (Phi) is 4.11. The van der Waals surface area contributed by atoms with Crippen LogP contribution in [-0.4, -0.2) is 6.54 Å². The summed E-state index contributed by atoms with van der Waals surface area (Å²) in [4.78, 5) is 0. The smallest absolute Gasteiger partial charge is 0.134 e. The maximum absolute atomic E-state index is 6.16. The van der Waals surface area contributed by atoms with E-state index in [0.29, 0.717) is 0 Å². The van der Waals surface area contributed by atoms with E-state index >= 15 is 0 Å². The Labute approximate surface area is 121 Å². The molecule has 0 fully saturated rings. The second kappa shape index (κ2) is 6.01. The summed E-state index contributed by atoms with van der Waals surface area (Å²) in [5, 5.41) is 4.76. The van der Waals surface area contributed by atoms with Gasteiger partial charge in [-0.25, -0.2) is 0 Å². The molecular weight excluding hydrogens is 246 g/mol. The predicted octanol–water partition coefficient (Wildman–Crippen LogP) is 4.37. The van der Waals surface area contributed by atoms with Crippen LogP contribution in [0.2, 0.25) is 0 Å². The highest BCUT2D eigenvalue weighted by Crippen LogP contribution is 2.32. The molecule has 0 atom stereocenters. The first-order valence-electron chi connectivity index (χ1n) is 8.10. The molecule has 0 aliphatic heterocycles. The van der Waals surface area contributed by atoms with Crippen LogP contribution in [0.3, 0.4) is 0 Å². The van der Waals surface area contributed by atoms with Crippen LogP contribution in [0.25, 0.3) is 11.0 Å². The van der Waals surface area contributed by atoms with Gasteiger partial charge >= 0.3 is 0 Å². The topological polar surface area (TPSA) is 25.2 Å². The van der Waals surface area contributed by atoms with Gasteiger partial charge in [0.1, 0.15) is 11.3 Å². The van der Waals surface area contributed by atoms with Gasteiger partial charge in [0.25, 0.3) is 0 Å². The summed E-state index contributed by atoms with van der Waals surface area (Å²) in [7, 11) is 0.